The molecule has 0 aliphatic heterocycles. The lowest BCUT2D eigenvalue weighted by Crippen LogP contribution is -2.12. The summed E-state index contributed by atoms with van der Waals surface area (Å²) in [6.45, 7) is 14.0. The summed E-state index contributed by atoms with van der Waals surface area (Å²) in [4.78, 5) is 0. The normalized spacial score (nSPS) is 12.9. The van der Waals surface area contributed by atoms with Gasteiger partial charge in [-0.3, -0.25) is 0 Å². The minimum Gasteiger partial charge on any atom is -0.309 e. The predicted molar refractivity (Wildman–Crippen MR) is 288 cm³/mol. The van der Waals surface area contributed by atoms with Gasteiger partial charge in [0.25, 0.3) is 0 Å². The Kier molecular flexibility index (Phi) is 7.66. The first-order valence-corrected chi connectivity index (χ1v) is 23.8. The van der Waals surface area contributed by atoms with E-state index in [0.717, 1.165) is 0 Å². The van der Waals surface area contributed by atoms with Crippen LogP contribution in [-0.4, -0.2) is 13.5 Å². The van der Waals surface area contributed by atoms with Gasteiger partial charge in [-0.05, 0) is 134 Å². The molecule has 0 aliphatic rings. The van der Waals surface area contributed by atoms with Crippen LogP contribution in [0, 0.1) is 0 Å². The molecule has 0 N–H and O–H groups in total. The molecule has 0 saturated carbocycles. The van der Waals surface area contributed by atoms with Gasteiger partial charge in [-0.2, -0.15) is 0 Å². The Hall–Kier alpha value is -7.88. The highest BCUT2D eigenvalue weighted by Crippen LogP contribution is 2.49. The zero-order valence-electron chi connectivity index (χ0n) is 38.7. The van der Waals surface area contributed by atoms with Gasteiger partial charge in [-0.1, -0.05) is 145 Å². The Labute approximate surface area is 389 Å². The molecular formula is C64H49N3. The lowest BCUT2D eigenvalue weighted by atomic mass is 9.84. The number of benzene rings is 10. The minimum absolute atomic E-state index is 0.0380. The molecule has 10 aromatic carbocycles. The molecule has 0 bridgehead atoms. The van der Waals surface area contributed by atoms with E-state index in [9.17, 15) is 0 Å². The third-order valence-electron chi connectivity index (χ3n) is 15.0. The van der Waals surface area contributed by atoms with Crippen LogP contribution in [-0.2, 0) is 10.8 Å². The molecule has 3 nitrogen and oxygen atoms in total. The summed E-state index contributed by atoms with van der Waals surface area (Å²) in [5.74, 6) is 0. The Morgan fingerprint density at radius 2 is 0.910 bits per heavy atom. The largest absolute Gasteiger partial charge is 0.309 e. The van der Waals surface area contributed by atoms with E-state index in [1.54, 1.807) is 0 Å². The van der Waals surface area contributed by atoms with Crippen LogP contribution < -0.4 is 0 Å². The molecule has 320 valence electrons. The van der Waals surface area contributed by atoms with Gasteiger partial charge < -0.3 is 13.5 Å². The number of nitrogens with zero attached hydrogens (tertiary/aromatic N) is 3. The van der Waals surface area contributed by atoms with Crippen LogP contribution in [0.1, 0.15) is 52.7 Å². The average molecular weight is 860 g/mol. The van der Waals surface area contributed by atoms with Crippen molar-refractivity contribution < 1.29 is 0 Å². The van der Waals surface area contributed by atoms with Crippen molar-refractivity contribution in [3.8, 4) is 22.5 Å². The summed E-state index contributed by atoms with van der Waals surface area (Å²) in [6.07, 6.45) is 0. The zero-order chi connectivity index (χ0) is 45.1. The van der Waals surface area contributed by atoms with Crippen molar-refractivity contribution in [1.82, 2.24) is 13.5 Å². The van der Waals surface area contributed by atoms with Crippen molar-refractivity contribution in [2.24, 2.45) is 0 Å². The monoisotopic (exact) mass is 859 g/mol. The maximum Gasteiger partial charge on any atom is 0.0627 e. The number of hydrogen-bond donors (Lipinski definition) is 0. The summed E-state index contributed by atoms with van der Waals surface area (Å²) in [7, 11) is 0. The van der Waals surface area contributed by atoms with E-state index >= 15 is 0 Å². The maximum atomic E-state index is 2.58. The number of para-hydroxylation sites is 2. The summed E-state index contributed by atoms with van der Waals surface area (Å²) < 4.78 is 7.57. The molecule has 0 unspecified atom stereocenters. The van der Waals surface area contributed by atoms with E-state index in [1.165, 1.54) is 137 Å². The Bertz CT molecular complexity index is 4390. The molecule has 14 aromatic rings. The van der Waals surface area contributed by atoms with E-state index < -0.39 is 0 Å². The van der Waals surface area contributed by atoms with Gasteiger partial charge in [0.2, 0.25) is 0 Å². The molecule has 67 heavy (non-hydrogen) atoms. The first-order chi connectivity index (χ1) is 32.5. The first kappa shape index (κ1) is 38.4. The highest BCUT2D eigenvalue weighted by atomic mass is 15.0. The smallest absolute Gasteiger partial charge is 0.0627 e. The van der Waals surface area contributed by atoms with Crippen LogP contribution in [0.5, 0.6) is 0 Å². The number of aromatic nitrogens is 3. The van der Waals surface area contributed by atoms with Gasteiger partial charge in [0.05, 0.1) is 44.3 Å². The summed E-state index contributed by atoms with van der Waals surface area (Å²) in [5.41, 5.74) is 16.0. The van der Waals surface area contributed by atoms with E-state index in [0.29, 0.717) is 0 Å². The van der Waals surface area contributed by atoms with E-state index in [4.69, 9.17) is 0 Å². The van der Waals surface area contributed by atoms with Crippen molar-refractivity contribution >= 4 is 103 Å². The van der Waals surface area contributed by atoms with Crippen LogP contribution in [0.3, 0.4) is 0 Å². The third kappa shape index (κ3) is 5.34. The quantitative estimate of drug-likeness (QED) is 0.168. The van der Waals surface area contributed by atoms with Crippen molar-refractivity contribution in [3.63, 3.8) is 0 Å². The Morgan fingerprint density at radius 1 is 0.328 bits per heavy atom. The van der Waals surface area contributed by atoms with Crippen molar-refractivity contribution in [2.45, 2.75) is 52.4 Å². The molecule has 4 aromatic heterocycles. The average Bonchev–Trinajstić information content (AvgIpc) is 4.06. The Balaban J connectivity index is 1.13. The fourth-order valence-corrected chi connectivity index (χ4v) is 11.7. The number of hydrogen-bond acceptors (Lipinski definition) is 0. The maximum absolute atomic E-state index is 2.58. The van der Waals surface area contributed by atoms with Crippen LogP contribution >= 0.6 is 0 Å². The molecule has 14 rings (SSSR count). The number of rotatable bonds is 3. The summed E-state index contributed by atoms with van der Waals surface area (Å²) >= 11 is 0. The zero-order valence-corrected chi connectivity index (χ0v) is 38.7. The standard InChI is InChI=1S/C64H49N3/c1-63(2,3)42-25-28-53(47(36-42)41-24-27-54-48(33-41)46-22-14-15-23-52(46)65(54)44-19-8-7-9-20-44)66-55-29-26-43(64(4,5)6)37-51(55)59-56(66)30-31-57-61(59)60-45-21-13-12-18-40(45)34-50-49-32-38-16-10-11-17-39(38)35-58(49)67(57)62(50)60/h7-37H,1-6H3. The second-order valence-electron chi connectivity index (χ2n) is 21.0. The van der Waals surface area contributed by atoms with E-state index in [1.807, 2.05) is 0 Å². The molecule has 0 atom stereocenters. The fourth-order valence-electron chi connectivity index (χ4n) is 11.7. The van der Waals surface area contributed by atoms with Crippen LogP contribution in [0.15, 0.2) is 188 Å². The van der Waals surface area contributed by atoms with Crippen molar-refractivity contribution in [2.75, 3.05) is 0 Å². The first-order valence-electron chi connectivity index (χ1n) is 23.8. The molecule has 3 heteroatoms. The molecule has 0 radical (unpaired) electrons. The highest BCUT2D eigenvalue weighted by molar-refractivity contribution is 6.38. The fraction of sp³-hybridized carbons (Fsp3) is 0.125. The second kappa shape index (κ2) is 13.4. The minimum atomic E-state index is -0.0503. The second-order valence-corrected chi connectivity index (χ2v) is 21.0. The SMILES string of the molecule is CC(C)(C)c1ccc(-n2c3ccc(C(C)(C)C)cc3c3c4c5c6ccccc6cc6c7cc8ccccc8cc7n(c4ccc32)c65)c(-c2ccc3c(c2)c2ccccc2n3-c2ccccc2)c1. The van der Waals surface area contributed by atoms with Gasteiger partial charge in [0, 0.05) is 54.3 Å². The van der Waals surface area contributed by atoms with Gasteiger partial charge in [-0.15, -0.1) is 0 Å². The highest BCUT2D eigenvalue weighted by Gasteiger charge is 2.27. The van der Waals surface area contributed by atoms with Gasteiger partial charge in [0.1, 0.15) is 0 Å². The molecule has 0 aliphatic carbocycles. The van der Waals surface area contributed by atoms with E-state index in [2.05, 4.69) is 243 Å². The predicted octanol–water partition coefficient (Wildman–Crippen LogP) is 17.6. The topological polar surface area (TPSA) is 14.3 Å². The Morgan fingerprint density at radius 3 is 1.70 bits per heavy atom. The summed E-state index contributed by atoms with van der Waals surface area (Å²) in [5, 5.41) is 15.5. The van der Waals surface area contributed by atoms with Crippen molar-refractivity contribution in [3.05, 3.63) is 199 Å². The van der Waals surface area contributed by atoms with Crippen LogP contribution in [0.25, 0.3) is 126 Å². The van der Waals surface area contributed by atoms with Gasteiger partial charge >= 0.3 is 0 Å². The molecule has 4 heterocycles. The molecule has 0 saturated heterocycles. The molecule has 0 amide bonds. The molecular weight excluding hydrogens is 811 g/mol. The van der Waals surface area contributed by atoms with Gasteiger partial charge in [-0.25, -0.2) is 0 Å². The van der Waals surface area contributed by atoms with Crippen LogP contribution in [0.4, 0.5) is 0 Å². The third-order valence-corrected chi connectivity index (χ3v) is 15.0. The lowest BCUT2D eigenvalue weighted by molar-refractivity contribution is 0.590. The van der Waals surface area contributed by atoms with Crippen LogP contribution in [0.2, 0.25) is 0 Å². The molecule has 0 spiro atoms. The molecule has 0 fully saturated rings. The lowest BCUT2D eigenvalue weighted by Gasteiger charge is -2.23. The van der Waals surface area contributed by atoms with Gasteiger partial charge in [0.15, 0.2) is 0 Å². The summed E-state index contributed by atoms with van der Waals surface area (Å²) in [6, 6.07) is 71.2. The number of fused-ring (bicyclic) bond motifs is 16. The van der Waals surface area contributed by atoms with E-state index in [-0.39, 0.29) is 10.8 Å². The van der Waals surface area contributed by atoms with Crippen molar-refractivity contribution in [1.29, 1.82) is 0 Å².